The number of carbonyl (C=O) groups is 1. The normalized spacial score (nSPS) is 20.1. The van der Waals surface area contributed by atoms with Crippen molar-refractivity contribution >= 4 is 11.6 Å². The van der Waals surface area contributed by atoms with Crippen LogP contribution in [0.2, 0.25) is 0 Å². The predicted octanol–water partition coefficient (Wildman–Crippen LogP) is 4.70. The smallest absolute Gasteiger partial charge is 0.251 e. The first-order valence-corrected chi connectivity index (χ1v) is 9.29. The molecule has 1 aliphatic rings. The topological polar surface area (TPSA) is 41.1 Å². The van der Waals surface area contributed by atoms with Crippen LogP contribution in [-0.4, -0.2) is 18.5 Å². The lowest BCUT2D eigenvalue weighted by molar-refractivity contribution is 0.0922. The molecule has 2 N–H and O–H groups in total. The van der Waals surface area contributed by atoms with Gasteiger partial charge in [-0.1, -0.05) is 30.3 Å². The van der Waals surface area contributed by atoms with Crippen LogP contribution in [0.4, 0.5) is 5.69 Å². The largest absolute Gasteiger partial charge is 0.385 e. The van der Waals surface area contributed by atoms with E-state index in [9.17, 15) is 4.79 Å². The zero-order valence-corrected chi connectivity index (χ0v) is 15.2. The average Bonchev–Trinajstić information content (AvgIpc) is 2.64. The van der Waals surface area contributed by atoms with Crippen LogP contribution in [0.3, 0.4) is 0 Å². The summed E-state index contributed by atoms with van der Waals surface area (Å²) in [6.07, 6.45) is 4.46. The average molecular weight is 336 g/mol. The molecule has 1 fully saturated rings. The molecule has 0 aliphatic heterocycles. The lowest BCUT2D eigenvalue weighted by Gasteiger charge is -2.29. The Morgan fingerprint density at radius 1 is 0.960 bits per heavy atom. The number of anilines is 1. The minimum Gasteiger partial charge on any atom is -0.385 e. The van der Waals surface area contributed by atoms with E-state index < -0.39 is 0 Å². The predicted molar refractivity (Wildman–Crippen MR) is 104 cm³/mol. The summed E-state index contributed by atoms with van der Waals surface area (Å²) in [7, 11) is 0. The Morgan fingerprint density at radius 3 is 2.40 bits per heavy atom. The maximum Gasteiger partial charge on any atom is 0.251 e. The van der Waals surface area contributed by atoms with Gasteiger partial charge in [0, 0.05) is 23.8 Å². The molecule has 0 atom stereocenters. The first-order chi connectivity index (χ1) is 12.1. The van der Waals surface area contributed by atoms with E-state index in [-0.39, 0.29) is 5.91 Å². The number of aryl methyl sites for hydroxylation is 1. The highest BCUT2D eigenvalue weighted by Gasteiger charge is 2.23. The van der Waals surface area contributed by atoms with Crippen molar-refractivity contribution in [1.82, 2.24) is 5.32 Å². The molecule has 0 unspecified atom stereocenters. The number of amides is 1. The molecule has 25 heavy (non-hydrogen) atoms. The summed E-state index contributed by atoms with van der Waals surface area (Å²) >= 11 is 0. The molecule has 3 rings (SSSR count). The van der Waals surface area contributed by atoms with Gasteiger partial charge in [0.05, 0.1) is 0 Å². The number of hydrogen-bond acceptors (Lipinski definition) is 2. The maximum atomic E-state index is 12.6. The fraction of sp³-hybridized carbons (Fsp3) is 0.409. The van der Waals surface area contributed by atoms with Gasteiger partial charge in [-0.2, -0.15) is 0 Å². The van der Waals surface area contributed by atoms with Crippen molar-refractivity contribution in [3.63, 3.8) is 0 Å². The van der Waals surface area contributed by atoms with Gasteiger partial charge in [0.2, 0.25) is 0 Å². The molecule has 1 amide bonds. The molecule has 3 nitrogen and oxygen atoms in total. The molecule has 0 aromatic heterocycles. The molecule has 0 heterocycles. The van der Waals surface area contributed by atoms with Crippen molar-refractivity contribution in [3.8, 4) is 0 Å². The van der Waals surface area contributed by atoms with Crippen molar-refractivity contribution in [2.75, 3.05) is 11.9 Å². The van der Waals surface area contributed by atoms with E-state index in [1.165, 1.54) is 11.3 Å². The molecule has 2 aromatic rings. The second-order valence-electron chi connectivity index (χ2n) is 7.19. The molecule has 0 spiro atoms. The van der Waals surface area contributed by atoms with Gasteiger partial charge in [0.25, 0.3) is 5.91 Å². The maximum absolute atomic E-state index is 12.6. The highest BCUT2D eigenvalue weighted by molar-refractivity contribution is 5.96. The third-order valence-electron chi connectivity index (χ3n) is 5.40. The van der Waals surface area contributed by atoms with Gasteiger partial charge >= 0.3 is 0 Å². The number of benzene rings is 2. The van der Waals surface area contributed by atoms with E-state index >= 15 is 0 Å². The van der Waals surface area contributed by atoms with Crippen molar-refractivity contribution in [1.29, 1.82) is 0 Å². The third-order valence-corrected chi connectivity index (χ3v) is 5.40. The van der Waals surface area contributed by atoms with Gasteiger partial charge in [-0.15, -0.1) is 0 Å². The van der Waals surface area contributed by atoms with Gasteiger partial charge in [-0.25, -0.2) is 0 Å². The fourth-order valence-corrected chi connectivity index (χ4v) is 3.59. The molecule has 1 aliphatic carbocycles. The Bertz CT molecular complexity index is 703. The quantitative estimate of drug-likeness (QED) is 0.830. The Kier molecular flexibility index (Phi) is 5.75. The van der Waals surface area contributed by atoms with Crippen molar-refractivity contribution in [3.05, 3.63) is 65.2 Å². The lowest BCUT2D eigenvalue weighted by Crippen LogP contribution is -2.38. The Balaban J connectivity index is 1.46. The van der Waals surface area contributed by atoms with Crippen molar-refractivity contribution in [2.24, 2.45) is 5.92 Å². The number of para-hydroxylation sites is 1. The molecular formula is C22H28N2O. The van der Waals surface area contributed by atoms with Crippen LogP contribution in [0.15, 0.2) is 48.5 Å². The number of hydrogen-bond donors (Lipinski definition) is 2. The summed E-state index contributed by atoms with van der Waals surface area (Å²) in [6, 6.07) is 16.6. The van der Waals surface area contributed by atoms with E-state index in [1.807, 2.05) is 25.1 Å². The molecule has 3 heteroatoms. The van der Waals surface area contributed by atoms with Crippen LogP contribution >= 0.6 is 0 Å². The summed E-state index contributed by atoms with van der Waals surface area (Å²) in [6.45, 7) is 5.09. The molecule has 132 valence electrons. The van der Waals surface area contributed by atoms with E-state index in [2.05, 4.69) is 47.9 Å². The lowest BCUT2D eigenvalue weighted by atomic mass is 9.85. The number of rotatable bonds is 5. The summed E-state index contributed by atoms with van der Waals surface area (Å²) in [5, 5.41) is 6.76. The molecular weight excluding hydrogens is 308 g/mol. The zero-order chi connectivity index (χ0) is 17.6. The van der Waals surface area contributed by atoms with Crippen molar-refractivity contribution in [2.45, 2.75) is 45.6 Å². The highest BCUT2D eigenvalue weighted by Crippen LogP contribution is 2.25. The Hall–Kier alpha value is -2.29. The fourth-order valence-electron chi connectivity index (χ4n) is 3.59. The summed E-state index contributed by atoms with van der Waals surface area (Å²) in [4.78, 5) is 12.6. The SMILES string of the molecule is Cc1cccc(C(=O)N[C@H]2CC[C@H](CNc3ccccc3)CC2)c1C. The first kappa shape index (κ1) is 17.5. The monoisotopic (exact) mass is 336 g/mol. The van der Waals surface area contributed by atoms with Gasteiger partial charge in [-0.3, -0.25) is 4.79 Å². The van der Waals surface area contributed by atoms with Gasteiger partial charge in [0.1, 0.15) is 0 Å². The van der Waals surface area contributed by atoms with Gasteiger partial charge < -0.3 is 10.6 Å². The summed E-state index contributed by atoms with van der Waals surface area (Å²) < 4.78 is 0. The van der Waals surface area contributed by atoms with Crippen LogP contribution in [0.1, 0.15) is 47.2 Å². The third kappa shape index (κ3) is 4.62. The standard InChI is InChI=1S/C22H28N2O/c1-16-7-6-10-21(17(16)2)22(25)24-20-13-11-18(12-14-20)15-23-19-8-4-3-5-9-19/h3-10,18,20,23H,11-15H2,1-2H3,(H,24,25)/t18-,20-. The molecule has 1 saturated carbocycles. The molecule has 0 radical (unpaired) electrons. The van der Waals surface area contributed by atoms with E-state index in [4.69, 9.17) is 0 Å². The van der Waals surface area contributed by atoms with Crippen LogP contribution < -0.4 is 10.6 Å². The van der Waals surface area contributed by atoms with E-state index in [0.717, 1.165) is 43.4 Å². The number of carbonyl (C=O) groups excluding carboxylic acids is 1. The van der Waals surface area contributed by atoms with E-state index in [0.29, 0.717) is 12.0 Å². The minimum atomic E-state index is 0.0760. The Morgan fingerprint density at radius 2 is 1.68 bits per heavy atom. The van der Waals surface area contributed by atoms with Gasteiger partial charge in [-0.05, 0) is 74.8 Å². The van der Waals surface area contributed by atoms with Crippen molar-refractivity contribution < 1.29 is 4.79 Å². The highest BCUT2D eigenvalue weighted by atomic mass is 16.1. The Labute approximate surface area is 150 Å². The molecule has 0 bridgehead atoms. The summed E-state index contributed by atoms with van der Waals surface area (Å²) in [5.41, 5.74) is 4.25. The van der Waals surface area contributed by atoms with Crippen LogP contribution in [-0.2, 0) is 0 Å². The molecule has 0 saturated heterocycles. The van der Waals surface area contributed by atoms with Gasteiger partial charge in [0.15, 0.2) is 0 Å². The second kappa shape index (κ2) is 8.19. The first-order valence-electron chi connectivity index (χ1n) is 9.29. The van der Waals surface area contributed by atoms with E-state index in [1.54, 1.807) is 0 Å². The minimum absolute atomic E-state index is 0.0760. The number of nitrogens with one attached hydrogen (secondary N) is 2. The van der Waals surface area contributed by atoms with Crippen LogP contribution in [0.25, 0.3) is 0 Å². The molecule has 2 aromatic carbocycles. The second-order valence-corrected chi connectivity index (χ2v) is 7.19. The van der Waals surface area contributed by atoms with Crippen LogP contribution in [0, 0.1) is 19.8 Å². The van der Waals surface area contributed by atoms with Crippen LogP contribution in [0.5, 0.6) is 0 Å². The summed E-state index contributed by atoms with van der Waals surface area (Å²) in [5.74, 6) is 0.765. The zero-order valence-electron chi connectivity index (χ0n) is 15.2.